The van der Waals surface area contributed by atoms with E-state index in [2.05, 4.69) is 31.1 Å². The van der Waals surface area contributed by atoms with E-state index < -0.39 is 0 Å². The van der Waals surface area contributed by atoms with E-state index in [1.54, 1.807) is 6.26 Å². The molecule has 1 saturated carbocycles. The second-order valence-electron chi connectivity index (χ2n) is 5.39. The molecule has 1 aromatic heterocycles. The molecular formula is C14H24N2O. The summed E-state index contributed by atoms with van der Waals surface area (Å²) < 4.78 is 5.38. The lowest BCUT2D eigenvalue weighted by molar-refractivity contribution is 0.176. The van der Waals surface area contributed by atoms with Gasteiger partial charge >= 0.3 is 0 Å². The number of nitrogens with one attached hydrogen (secondary N) is 1. The molecule has 0 spiro atoms. The van der Waals surface area contributed by atoms with Crippen LogP contribution < -0.4 is 5.32 Å². The fourth-order valence-electron chi connectivity index (χ4n) is 2.04. The summed E-state index contributed by atoms with van der Waals surface area (Å²) in [7, 11) is 2.17. The SMILES string of the molecule is CC(CNC1CC1)C(C)N(C)Cc1ccco1. The minimum Gasteiger partial charge on any atom is -0.468 e. The van der Waals surface area contributed by atoms with Gasteiger partial charge in [0.15, 0.2) is 0 Å². The van der Waals surface area contributed by atoms with Crippen LogP contribution in [0.1, 0.15) is 32.4 Å². The predicted molar refractivity (Wildman–Crippen MR) is 69.8 cm³/mol. The molecule has 3 heteroatoms. The van der Waals surface area contributed by atoms with E-state index in [0.717, 1.165) is 24.9 Å². The maximum atomic E-state index is 5.38. The van der Waals surface area contributed by atoms with Crippen LogP contribution in [-0.2, 0) is 6.54 Å². The van der Waals surface area contributed by atoms with E-state index in [-0.39, 0.29) is 0 Å². The molecule has 0 radical (unpaired) electrons. The average Bonchev–Trinajstić information content (AvgIpc) is 3.02. The van der Waals surface area contributed by atoms with Gasteiger partial charge in [0, 0.05) is 12.1 Å². The summed E-state index contributed by atoms with van der Waals surface area (Å²) in [4.78, 5) is 2.36. The van der Waals surface area contributed by atoms with Crippen LogP contribution >= 0.6 is 0 Å². The molecule has 0 amide bonds. The molecular weight excluding hydrogens is 212 g/mol. The van der Waals surface area contributed by atoms with Gasteiger partial charge in [-0.1, -0.05) is 6.92 Å². The lowest BCUT2D eigenvalue weighted by atomic mass is 10.0. The zero-order valence-electron chi connectivity index (χ0n) is 11.1. The first-order valence-corrected chi connectivity index (χ1v) is 6.63. The Morgan fingerprint density at radius 3 is 2.82 bits per heavy atom. The van der Waals surface area contributed by atoms with E-state index in [0.29, 0.717) is 12.0 Å². The average molecular weight is 236 g/mol. The molecule has 0 aliphatic heterocycles. The number of hydrogen-bond acceptors (Lipinski definition) is 3. The Kier molecular flexibility index (Phi) is 4.24. The van der Waals surface area contributed by atoms with Crippen LogP contribution in [0.2, 0.25) is 0 Å². The normalized spacial score (nSPS) is 19.5. The summed E-state index contributed by atoms with van der Waals surface area (Å²) in [6.07, 6.45) is 4.47. The van der Waals surface area contributed by atoms with Crippen LogP contribution in [0, 0.1) is 5.92 Å². The van der Waals surface area contributed by atoms with Crippen LogP contribution in [0.15, 0.2) is 22.8 Å². The molecule has 1 heterocycles. The van der Waals surface area contributed by atoms with Crippen molar-refractivity contribution in [1.82, 2.24) is 10.2 Å². The third kappa shape index (κ3) is 3.86. The summed E-state index contributed by atoms with van der Waals surface area (Å²) in [6, 6.07) is 5.36. The van der Waals surface area contributed by atoms with E-state index in [1.165, 1.54) is 12.8 Å². The summed E-state index contributed by atoms with van der Waals surface area (Å²) >= 11 is 0. The van der Waals surface area contributed by atoms with Gasteiger partial charge in [-0.2, -0.15) is 0 Å². The van der Waals surface area contributed by atoms with Gasteiger partial charge in [0.05, 0.1) is 12.8 Å². The minimum absolute atomic E-state index is 0.561. The van der Waals surface area contributed by atoms with Gasteiger partial charge in [-0.3, -0.25) is 4.90 Å². The van der Waals surface area contributed by atoms with Crippen molar-refractivity contribution in [2.75, 3.05) is 13.6 Å². The van der Waals surface area contributed by atoms with Crippen LogP contribution in [0.25, 0.3) is 0 Å². The standard InChI is InChI=1S/C14H24N2O/c1-11(9-15-13-6-7-13)12(2)16(3)10-14-5-4-8-17-14/h4-5,8,11-13,15H,6-7,9-10H2,1-3H3. The van der Waals surface area contributed by atoms with E-state index in [4.69, 9.17) is 4.42 Å². The highest BCUT2D eigenvalue weighted by molar-refractivity contribution is 4.98. The fraction of sp³-hybridized carbons (Fsp3) is 0.714. The van der Waals surface area contributed by atoms with Crippen molar-refractivity contribution in [3.63, 3.8) is 0 Å². The first-order chi connectivity index (χ1) is 8.16. The van der Waals surface area contributed by atoms with Gasteiger partial charge in [-0.05, 0) is 51.4 Å². The van der Waals surface area contributed by atoms with E-state index >= 15 is 0 Å². The van der Waals surface area contributed by atoms with E-state index in [9.17, 15) is 0 Å². The number of hydrogen-bond donors (Lipinski definition) is 1. The highest BCUT2D eigenvalue weighted by Crippen LogP contribution is 2.20. The Bertz CT molecular complexity index is 319. The second-order valence-corrected chi connectivity index (χ2v) is 5.39. The molecule has 1 aliphatic rings. The van der Waals surface area contributed by atoms with Crippen molar-refractivity contribution in [2.45, 2.75) is 45.3 Å². The van der Waals surface area contributed by atoms with Gasteiger partial charge in [0.25, 0.3) is 0 Å². The van der Waals surface area contributed by atoms with Crippen LogP contribution in [0.3, 0.4) is 0 Å². The Morgan fingerprint density at radius 2 is 2.24 bits per heavy atom. The Labute approximate surface area is 104 Å². The summed E-state index contributed by atoms with van der Waals surface area (Å²) in [5.41, 5.74) is 0. The number of furan rings is 1. The molecule has 3 nitrogen and oxygen atoms in total. The van der Waals surface area contributed by atoms with Gasteiger partial charge in [0.2, 0.25) is 0 Å². The zero-order valence-corrected chi connectivity index (χ0v) is 11.1. The molecule has 96 valence electrons. The molecule has 0 aromatic carbocycles. The minimum atomic E-state index is 0.561. The topological polar surface area (TPSA) is 28.4 Å². The first kappa shape index (κ1) is 12.7. The highest BCUT2D eigenvalue weighted by atomic mass is 16.3. The highest BCUT2D eigenvalue weighted by Gasteiger charge is 2.23. The van der Waals surface area contributed by atoms with Crippen molar-refractivity contribution in [3.8, 4) is 0 Å². The fourth-order valence-corrected chi connectivity index (χ4v) is 2.04. The molecule has 2 rings (SSSR count). The smallest absolute Gasteiger partial charge is 0.117 e. The van der Waals surface area contributed by atoms with Crippen molar-refractivity contribution >= 4 is 0 Å². The number of rotatable bonds is 7. The third-order valence-corrected chi connectivity index (χ3v) is 3.81. The largest absolute Gasteiger partial charge is 0.468 e. The monoisotopic (exact) mass is 236 g/mol. The molecule has 2 atom stereocenters. The lowest BCUT2D eigenvalue weighted by Gasteiger charge is -2.29. The Hall–Kier alpha value is -0.800. The van der Waals surface area contributed by atoms with Gasteiger partial charge in [0.1, 0.15) is 5.76 Å². The lowest BCUT2D eigenvalue weighted by Crippen LogP contribution is -2.39. The van der Waals surface area contributed by atoms with Crippen LogP contribution in [0.5, 0.6) is 0 Å². The summed E-state index contributed by atoms with van der Waals surface area (Å²) in [5.74, 6) is 1.71. The van der Waals surface area contributed by atoms with Crippen molar-refractivity contribution < 1.29 is 4.42 Å². The molecule has 1 aliphatic carbocycles. The van der Waals surface area contributed by atoms with Crippen LogP contribution in [-0.4, -0.2) is 30.6 Å². The molecule has 1 N–H and O–H groups in total. The quantitative estimate of drug-likeness (QED) is 0.788. The van der Waals surface area contributed by atoms with Gasteiger partial charge in [-0.15, -0.1) is 0 Å². The number of nitrogens with zero attached hydrogens (tertiary/aromatic N) is 1. The Balaban J connectivity index is 1.74. The second kappa shape index (κ2) is 5.69. The summed E-state index contributed by atoms with van der Waals surface area (Å²) in [6.45, 7) is 6.62. The summed E-state index contributed by atoms with van der Waals surface area (Å²) in [5, 5.41) is 3.60. The maximum Gasteiger partial charge on any atom is 0.117 e. The molecule has 0 bridgehead atoms. The maximum absolute atomic E-state index is 5.38. The van der Waals surface area contributed by atoms with Gasteiger partial charge in [-0.25, -0.2) is 0 Å². The Morgan fingerprint density at radius 1 is 1.47 bits per heavy atom. The molecule has 1 aromatic rings. The van der Waals surface area contributed by atoms with Crippen molar-refractivity contribution in [1.29, 1.82) is 0 Å². The molecule has 17 heavy (non-hydrogen) atoms. The molecule has 2 unspecified atom stereocenters. The van der Waals surface area contributed by atoms with Crippen molar-refractivity contribution in [3.05, 3.63) is 24.2 Å². The van der Waals surface area contributed by atoms with Crippen molar-refractivity contribution in [2.24, 2.45) is 5.92 Å². The predicted octanol–water partition coefficient (Wildman–Crippen LogP) is 2.49. The van der Waals surface area contributed by atoms with Gasteiger partial charge < -0.3 is 9.73 Å². The van der Waals surface area contributed by atoms with E-state index in [1.807, 2.05) is 12.1 Å². The van der Waals surface area contributed by atoms with Crippen LogP contribution in [0.4, 0.5) is 0 Å². The molecule has 0 saturated heterocycles. The zero-order chi connectivity index (χ0) is 12.3. The first-order valence-electron chi connectivity index (χ1n) is 6.63. The molecule has 1 fully saturated rings. The third-order valence-electron chi connectivity index (χ3n) is 3.81.